The smallest absolute Gasteiger partial charge is 0.0731 e. The Kier molecular flexibility index (Phi) is 7.52. The van der Waals surface area contributed by atoms with Crippen molar-refractivity contribution >= 4 is 10.8 Å². The Morgan fingerprint density at radius 1 is 0.288 bits per heavy atom. The zero-order valence-electron chi connectivity index (χ0n) is 32.3. The lowest BCUT2D eigenvalue weighted by Crippen LogP contribution is -2.26. The summed E-state index contributed by atoms with van der Waals surface area (Å²) < 4.78 is 0. The third kappa shape index (κ3) is 5.08. The number of hydrogen-bond donors (Lipinski definition) is 0. The van der Waals surface area contributed by atoms with E-state index in [2.05, 4.69) is 224 Å². The molecule has 274 valence electrons. The van der Waals surface area contributed by atoms with Crippen molar-refractivity contribution in [3.05, 3.63) is 247 Å². The molecule has 1 aromatic heterocycles. The van der Waals surface area contributed by atoms with E-state index in [9.17, 15) is 0 Å². The van der Waals surface area contributed by atoms with Gasteiger partial charge in [0.25, 0.3) is 0 Å². The number of benzene rings is 9. The van der Waals surface area contributed by atoms with E-state index in [1.54, 1.807) is 0 Å². The van der Waals surface area contributed by atoms with Gasteiger partial charge in [-0.15, -0.1) is 0 Å². The Morgan fingerprint density at radius 2 is 0.763 bits per heavy atom. The van der Waals surface area contributed by atoms with E-state index in [4.69, 9.17) is 4.98 Å². The fourth-order valence-corrected chi connectivity index (χ4v) is 10.2. The Balaban J connectivity index is 1.09. The summed E-state index contributed by atoms with van der Waals surface area (Å²) in [5.74, 6) is 0. The van der Waals surface area contributed by atoms with Crippen LogP contribution in [0.1, 0.15) is 22.3 Å². The Labute approximate surface area is 344 Å². The van der Waals surface area contributed by atoms with Crippen LogP contribution in [-0.2, 0) is 5.41 Å². The average Bonchev–Trinajstić information content (AvgIpc) is 3.80. The highest BCUT2D eigenvalue weighted by Crippen LogP contribution is 2.65. The number of pyridine rings is 1. The Hall–Kier alpha value is -7.61. The SMILES string of the molecule is c1ccc(-c2cccc(-c3cc(-c4cccc(-c5cc6ccccc6c6c5-c5ccccc5C65c6ccccc6-c6ccccc65)c4)cc(-c4ccccc4)n3)c2)cc1. The van der Waals surface area contributed by atoms with E-state index in [1.807, 2.05) is 0 Å². The fourth-order valence-electron chi connectivity index (χ4n) is 10.2. The minimum absolute atomic E-state index is 0.439. The summed E-state index contributed by atoms with van der Waals surface area (Å²) in [5, 5.41) is 2.55. The van der Waals surface area contributed by atoms with E-state index in [0.717, 1.165) is 33.6 Å². The van der Waals surface area contributed by atoms with Gasteiger partial charge in [0.05, 0.1) is 16.8 Å². The maximum atomic E-state index is 5.30. The molecule has 0 unspecified atom stereocenters. The highest BCUT2D eigenvalue weighted by molar-refractivity contribution is 6.09. The van der Waals surface area contributed by atoms with E-state index in [0.29, 0.717) is 0 Å². The molecule has 12 rings (SSSR count). The van der Waals surface area contributed by atoms with Gasteiger partial charge in [-0.1, -0.05) is 194 Å². The molecule has 0 N–H and O–H groups in total. The summed E-state index contributed by atoms with van der Waals surface area (Å²) in [5.41, 5.74) is 21.5. The van der Waals surface area contributed by atoms with Crippen LogP contribution in [0.3, 0.4) is 0 Å². The van der Waals surface area contributed by atoms with Crippen molar-refractivity contribution in [2.75, 3.05) is 0 Å². The maximum Gasteiger partial charge on any atom is 0.0731 e. The molecule has 0 radical (unpaired) electrons. The number of aromatic nitrogens is 1. The summed E-state index contributed by atoms with van der Waals surface area (Å²) in [6.07, 6.45) is 0. The van der Waals surface area contributed by atoms with Gasteiger partial charge in [0.2, 0.25) is 0 Å². The molecule has 0 fully saturated rings. The molecule has 2 aliphatic rings. The first kappa shape index (κ1) is 33.5. The van der Waals surface area contributed by atoms with Gasteiger partial charge < -0.3 is 0 Å². The minimum atomic E-state index is -0.439. The quantitative estimate of drug-likeness (QED) is 0.171. The predicted octanol–water partition coefficient (Wildman–Crippen LogP) is 14.9. The zero-order chi connectivity index (χ0) is 38.9. The van der Waals surface area contributed by atoms with Crippen LogP contribution < -0.4 is 0 Å². The predicted molar refractivity (Wildman–Crippen MR) is 245 cm³/mol. The molecule has 0 saturated carbocycles. The van der Waals surface area contributed by atoms with E-state index in [-0.39, 0.29) is 0 Å². The van der Waals surface area contributed by atoms with Gasteiger partial charge in [-0.2, -0.15) is 0 Å². The van der Waals surface area contributed by atoms with Gasteiger partial charge in [0.1, 0.15) is 0 Å². The third-order valence-corrected chi connectivity index (χ3v) is 12.6. The first-order valence-electron chi connectivity index (χ1n) is 20.5. The van der Waals surface area contributed by atoms with Crippen LogP contribution in [0.25, 0.3) is 88.9 Å². The molecule has 0 atom stereocenters. The second-order valence-electron chi connectivity index (χ2n) is 15.8. The van der Waals surface area contributed by atoms with E-state index in [1.165, 1.54) is 77.5 Å². The summed E-state index contributed by atoms with van der Waals surface area (Å²) in [4.78, 5) is 5.30. The lowest BCUT2D eigenvalue weighted by Gasteiger charge is -2.31. The topological polar surface area (TPSA) is 12.9 Å². The van der Waals surface area contributed by atoms with Gasteiger partial charge in [0.15, 0.2) is 0 Å². The summed E-state index contributed by atoms with van der Waals surface area (Å²) >= 11 is 0. The summed E-state index contributed by atoms with van der Waals surface area (Å²) in [6, 6.07) is 82.3. The van der Waals surface area contributed by atoms with Crippen molar-refractivity contribution in [1.82, 2.24) is 4.98 Å². The first-order chi connectivity index (χ1) is 29.3. The molecule has 1 spiro atoms. The van der Waals surface area contributed by atoms with Gasteiger partial charge in [-0.05, 0) is 119 Å². The summed E-state index contributed by atoms with van der Waals surface area (Å²) in [6.45, 7) is 0. The average molecular weight is 748 g/mol. The highest BCUT2D eigenvalue weighted by Gasteiger charge is 2.52. The van der Waals surface area contributed by atoms with Crippen LogP contribution in [0.15, 0.2) is 224 Å². The molecule has 0 aliphatic heterocycles. The van der Waals surface area contributed by atoms with Gasteiger partial charge in [-0.25, -0.2) is 4.98 Å². The third-order valence-electron chi connectivity index (χ3n) is 12.6. The van der Waals surface area contributed by atoms with Crippen LogP contribution in [-0.4, -0.2) is 4.98 Å². The number of hydrogen-bond acceptors (Lipinski definition) is 1. The van der Waals surface area contributed by atoms with Crippen LogP contribution in [0.5, 0.6) is 0 Å². The summed E-state index contributed by atoms with van der Waals surface area (Å²) in [7, 11) is 0. The molecule has 59 heavy (non-hydrogen) atoms. The van der Waals surface area contributed by atoms with Crippen molar-refractivity contribution in [1.29, 1.82) is 0 Å². The first-order valence-corrected chi connectivity index (χ1v) is 20.5. The van der Waals surface area contributed by atoms with Gasteiger partial charge in [0, 0.05) is 11.1 Å². The molecular formula is C58H37N. The standard InChI is InChI=1S/C58H37N/c1-3-17-38(18-4-1)40-22-16-25-44(34-40)55-37-45(36-54(59-55)39-19-5-2-6-20-39)41-23-15-24-42(33-41)50-35-43-21-7-8-26-46(43)57-56(50)49-29-11-14-32-53(49)58(57)51-30-12-9-27-47(51)48-28-10-13-31-52(48)58/h1-37H. The van der Waals surface area contributed by atoms with Crippen LogP contribution in [0, 0.1) is 0 Å². The fraction of sp³-hybridized carbons (Fsp3) is 0.0172. The van der Waals surface area contributed by atoms with Crippen LogP contribution in [0.2, 0.25) is 0 Å². The van der Waals surface area contributed by atoms with E-state index < -0.39 is 5.41 Å². The molecule has 0 bridgehead atoms. The lowest BCUT2D eigenvalue weighted by molar-refractivity contribution is 0.801. The van der Waals surface area contributed by atoms with Crippen molar-refractivity contribution in [3.8, 4) is 78.1 Å². The molecule has 2 aliphatic carbocycles. The van der Waals surface area contributed by atoms with E-state index >= 15 is 0 Å². The molecule has 1 nitrogen and oxygen atoms in total. The molecule has 1 heteroatoms. The largest absolute Gasteiger partial charge is 0.248 e. The molecule has 0 amide bonds. The Bertz CT molecular complexity index is 3220. The second-order valence-corrected chi connectivity index (χ2v) is 15.8. The minimum Gasteiger partial charge on any atom is -0.248 e. The zero-order valence-corrected chi connectivity index (χ0v) is 32.3. The molecule has 10 aromatic rings. The Morgan fingerprint density at radius 3 is 1.46 bits per heavy atom. The monoisotopic (exact) mass is 747 g/mol. The molecule has 9 aromatic carbocycles. The van der Waals surface area contributed by atoms with Crippen molar-refractivity contribution < 1.29 is 0 Å². The van der Waals surface area contributed by atoms with Crippen molar-refractivity contribution in [2.45, 2.75) is 5.41 Å². The number of nitrogens with zero attached hydrogens (tertiary/aromatic N) is 1. The van der Waals surface area contributed by atoms with Crippen LogP contribution >= 0.6 is 0 Å². The van der Waals surface area contributed by atoms with Gasteiger partial charge in [-0.3, -0.25) is 0 Å². The number of rotatable bonds is 5. The van der Waals surface area contributed by atoms with Crippen molar-refractivity contribution in [2.24, 2.45) is 0 Å². The van der Waals surface area contributed by atoms with Crippen molar-refractivity contribution in [3.63, 3.8) is 0 Å². The lowest BCUT2D eigenvalue weighted by atomic mass is 9.69. The maximum absolute atomic E-state index is 5.30. The second kappa shape index (κ2) is 13.2. The molecule has 0 saturated heterocycles. The molecule has 1 heterocycles. The number of fused-ring (bicyclic) bond motifs is 12. The molecular weight excluding hydrogens is 711 g/mol. The van der Waals surface area contributed by atoms with Gasteiger partial charge >= 0.3 is 0 Å². The highest BCUT2D eigenvalue weighted by atomic mass is 14.7. The van der Waals surface area contributed by atoms with Crippen LogP contribution in [0.4, 0.5) is 0 Å². The normalized spacial score (nSPS) is 12.9.